The minimum atomic E-state index is -0.614. The smallest absolute Gasteiger partial charge is 0.333 e. The maximum Gasteiger partial charge on any atom is 0.333 e. The number of nitrogens with one attached hydrogen (secondary N) is 1. The fourth-order valence-corrected chi connectivity index (χ4v) is 2.68. The minimum absolute atomic E-state index is 0.0360. The highest BCUT2D eigenvalue weighted by molar-refractivity contribution is 6.38. The molecular weight excluding hydrogens is 315 g/mol. The zero-order valence-electron chi connectivity index (χ0n) is 10.4. The molecule has 0 unspecified atom stereocenters. The number of aromatic nitrogens is 2. The highest BCUT2D eigenvalue weighted by Gasteiger charge is 2.13. The Morgan fingerprint density at radius 2 is 1.71 bits per heavy atom. The Hall–Kier alpha value is -2.24. The van der Waals surface area contributed by atoms with Gasteiger partial charge in [-0.1, -0.05) is 23.2 Å². The number of rotatable bonds is 1. The molecule has 0 radical (unpaired) electrons. The molecule has 0 saturated heterocycles. The molecule has 0 amide bonds. The van der Waals surface area contributed by atoms with E-state index in [-0.39, 0.29) is 21.7 Å². The van der Waals surface area contributed by atoms with Crippen LogP contribution in [0.15, 0.2) is 46.0 Å². The van der Waals surface area contributed by atoms with Crippen molar-refractivity contribution >= 4 is 34.1 Å². The molecule has 0 aliphatic carbocycles. The normalized spacial score (nSPS) is 11.0. The molecule has 3 rings (SSSR count). The van der Waals surface area contributed by atoms with Crippen molar-refractivity contribution in [1.29, 1.82) is 0 Å². The van der Waals surface area contributed by atoms with Crippen LogP contribution in [0.25, 0.3) is 16.6 Å². The van der Waals surface area contributed by atoms with Crippen molar-refractivity contribution < 1.29 is 5.11 Å². The molecule has 0 aliphatic rings. The molecule has 5 nitrogen and oxygen atoms in total. The highest BCUT2D eigenvalue weighted by Crippen LogP contribution is 2.23. The van der Waals surface area contributed by atoms with Crippen molar-refractivity contribution in [3.63, 3.8) is 0 Å². The lowest BCUT2D eigenvalue weighted by molar-refractivity contribution is 0.475. The maximum atomic E-state index is 12.5. The third-order valence-electron chi connectivity index (χ3n) is 3.02. The fourth-order valence-electron chi connectivity index (χ4n) is 2.10. The lowest BCUT2D eigenvalue weighted by atomic mass is 10.2. The number of H-pyrrole nitrogens is 1. The summed E-state index contributed by atoms with van der Waals surface area (Å²) in [5.41, 5.74) is -0.567. The number of nitrogens with zero attached hydrogens (tertiary/aromatic N) is 1. The van der Waals surface area contributed by atoms with E-state index in [2.05, 4.69) is 4.98 Å². The second kappa shape index (κ2) is 4.95. The van der Waals surface area contributed by atoms with Gasteiger partial charge in [0, 0.05) is 5.02 Å². The number of hydrogen-bond donors (Lipinski definition) is 2. The van der Waals surface area contributed by atoms with Gasteiger partial charge in [-0.3, -0.25) is 4.79 Å². The van der Waals surface area contributed by atoms with Crippen molar-refractivity contribution in [3.8, 4) is 11.4 Å². The quantitative estimate of drug-likeness (QED) is 0.723. The van der Waals surface area contributed by atoms with E-state index >= 15 is 0 Å². The monoisotopic (exact) mass is 322 g/mol. The van der Waals surface area contributed by atoms with E-state index < -0.39 is 11.2 Å². The Morgan fingerprint density at radius 3 is 2.38 bits per heavy atom. The lowest BCUT2D eigenvalue weighted by Gasteiger charge is -2.08. The van der Waals surface area contributed by atoms with Crippen LogP contribution in [0.3, 0.4) is 0 Å². The molecule has 0 spiro atoms. The Kier molecular flexibility index (Phi) is 3.23. The van der Waals surface area contributed by atoms with Gasteiger partial charge in [0.05, 0.1) is 21.6 Å². The van der Waals surface area contributed by atoms with E-state index in [1.54, 1.807) is 0 Å². The first-order valence-corrected chi connectivity index (χ1v) is 6.66. The van der Waals surface area contributed by atoms with E-state index in [4.69, 9.17) is 23.2 Å². The average Bonchev–Trinajstić information content (AvgIpc) is 2.39. The molecule has 3 aromatic rings. The van der Waals surface area contributed by atoms with Gasteiger partial charge in [0.2, 0.25) is 0 Å². The number of aromatic amines is 1. The van der Waals surface area contributed by atoms with Gasteiger partial charge in [-0.05, 0) is 36.4 Å². The standard InChI is InChI=1S/C14H8Cl2N2O3/c15-7-5-10(16)12-11(6-7)17-14(21)18(13(12)20)8-1-3-9(19)4-2-8/h1-6,19H,(H,17,21). The van der Waals surface area contributed by atoms with Crippen molar-refractivity contribution in [1.82, 2.24) is 9.55 Å². The second-order valence-corrected chi connectivity index (χ2v) is 5.24. The van der Waals surface area contributed by atoms with Crippen LogP contribution < -0.4 is 11.2 Å². The third kappa shape index (κ3) is 2.30. The van der Waals surface area contributed by atoms with Crippen molar-refractivity contribution in [3.05, 3.63) is 67.3 Å². The van der Waals surface area contributed by atoms with E-state index in [1.807, 2.05) is 0 Å². The first-order chi connectivity index (χ1) is 9.97. The number of fused-ring (bicyclic) bond motifs is 1. The van der Waals surface area contributed by atoms with Crippen molar-refractivity contribution in [2.45, 2.75) is 0 Å². The first kappa shape index (κ1) is 13.7. The third-order valence-corrected chi connectivity index (χ3v) is 3.54. The maximum absolute atomic E-state index is 12.5. The van der Waals surface area contributed by atoms with Crippen molar-refractivity contribution in [2.24, 2.45) is 0 Å². The molecule has 2 aromatic carbocycles. The highest BCUT2D eigenvalue weighted by atomic mass is 35.5. The Labute approximate surface area is 128 Å². The van der Waals surface area contributed by atoms with Crippen LogP contribution in [-0.4, -0.2) is 14.7 Å². The summed E-state index contributed by atoms with van der Waals surface area (Å²) in [6, 6.07) is 8.59. The number of hydrogen-bond acceptors (Lipinski definition) is 3. The average molecular weight is 323 g/mol. The van der Waals surface area contributed by atoms with Crippen LogP contribution in [0.1, 0.15) is 0 Å². The molecule has 7 heteroatoms. The fraction of sp³-hybridized carbons (Fsp3) is 0. The first-order valence-electron chi connectivity index (χ1n) is 5.91. The van der Waals surface area contributed by atoms with E-state index in [0.717, 1.165) is 4.57 Å². The van der Waals surface area contributed by atoms with Gasteiger partial charge in [0.15, 0.2) is 0 Å². The molecule has 0 saturated carbocycles. The molecule has 21 heavy (non-hydrogen) atoms. The zero-order chi connectivity index (χ0) is 15.1. The summed E-state index contributed by atoms with van der Waals surface area (Å²) < 4.78 is 0.946. The van der Waals surface area contributed by atoms with Gasteiger partial charge in [-0.15, -0.1) is 0 Å². The van der Waals surface area contributed by atoms with Gasteiger partial charge in [0.25, 0.3) is 5.56 Å². The van der Waals surface area contributed by atoms with E-state index in [0.29, 0.717) is 10.7 Å². The summed E-state index contributed by atoms with van der Waals surface area (Å²) >= 11 is 11.9. The Bertz CT molecular complexity index is 959. The number of phenols is 1. The van der Waals surface area contributed by atoms with Gasteiger partial charge in [-0.2, -0.15) is 0 Å². The number of halogens is 2. The van der Waals surface area contributed by atoms with Crippen LogP contribution in [-0.2, 0) is 0 Å². The Morgan fingerprint density at radius 1 is 1.05 bits per heavy atom. The number of phenolic OH excluding ortho intramolecular Hbond substituents is 1. The van der Waals surface area contributed by atoms with Crippen LogP contribution in [0.2, 0.25) is 10.0 Å². The summed E-state index contributed by atoms with van der Waals surface area (Å²) in [6.07, 6.45) is 0. The summed E-state index contributed by atoms with van der Waals surface area (Å²) in [5, 5.41) is 9.94. The molecule has 1 aromatic heterocycles. The molecule has 0 fully saturated rings. The number of aromatic hydroxyl groups is 1. The topological polar surface area (TPSA) is 75.1 Å². The van der Waals surface area contributed by atoms with Gasteiger partial charge in [-0.25, -0.2) is 9.36 Å². The van der Waals surface area contributed by atoms with Crippen molar-refractivity contribution in [2.75, 3.05) is 0 Å². The minimum Gasteiger partial charge on any atom is -0.508 e. The molecule has 0 bridgehead atoms. The van der Waals surface area contributed by atoms with Crippen LogP contribution in [0, 0.1) is 0 Å². The van der Waals surface area contributed by atoms with Gasteiger partial charge >= 0.3 is 5.69 Å². The molecule has 1 heterocycles. The summed E-state index contributed by atoms with van der Waals surface area (Å²) in [7, 11) is 0. The van der Waals surface area contributed by atoms with Crippen LogP contribution in [0.4, 0.5) is 0 Å². The molecule has 0 aliphatic heterocycles. The molecular formula is C14H8Cl2N2O3. The molecule has 106 valence electrons. The zero-order valence-corrected chi connectivity index (χ0v) is 11.9. The Balaban J connectivity index is 2.42. The predicted octanol–water partition coefficient (Wildman–Crippen LogP) is 2.69. The van der Waals surface area contributed by atoms with Crippen LogP contribution in [0.5, 0.6) is 5.75 Å². The predicted molar refractivity (Wildman–Crippen MR) is 81.9 cm³/mol. The molecule has 2 N–H and O–H groups in total. The second-order valence-electron chi connectivity index (χ2n) is 4.40. The summed E-state index contributed by atoms with van der Waals surface area (Å²) in [4.78, 5) is 27.2. The summed E-state index contributed by atoms with van der Waals surface area (Å²) in [5.74, 6) is 0.0360. The summed E-state index contributed by atoms with van der Waals surface area (Å²) in [6.45, 7) is 0. The van der Waals surface area contributed by atoms with E-state index in [9.17, 15) is 14.7 Å². The van der Waals surface area contributed by atoms with Crippen LogP contribution >= 0.6 is 23.2 Å². The van der Waals surface area contributed by atoms with E-state index in [1.165, 1.54) is 36.4 Å². The van der Waals surface area contributed by atoms with Gasteiger partial charge in [0.1, 0.15) is 5.75 Å². The molecule has 0 atom stereocenters. The largest absolute Gasteiger partial charge is 0.508 e. The SMILES string of the molecule is O=c1[nH]c2cc(Cl)cc(Cl)c2c(=O)n1-c1ccc(O)cc1. The van der Waals surface area contributed by atoms with Gasteiger partial charge < -0.3 is 10.1 Å². The number of benzene rings is 2. The lowest BCUT2D eigenvalue weighted by Crippen LogP contribution is -2.33.